The van der Waals surface area contributed by atoms with Gasteiger partial charge in [0.1, 0.15) is 5.78 Å². The molecule has 4 bridgehead atoms. The smallest absolute Gasteiger partial charge is 0.144 e. The van der Waals surface area contributed by atoms with Crippen molar-refractivity contribution < 1.29 is 4.79 Å². The van der Waals surface area contributed by atoms with E-state index in [1.54, 1.807) is 6.20 Å². The number of hydrogen-bond donors (Lipinski definition) is 0. The molecule has 5 rings (SSSR count). The third-order valence-corrected chi connectivity index (χ3v) is 5.70. The molecule has 19 heavy (non-hydrogen) atoms. The first-order valence-corrected chi connectivity index (χ1v) is 7.67. The van der Waals surface area contributed by atoms with E-state index in [1.165, 1.54) is 38.5 Å². The number of rotatable bonds is 3. The van der Waals surface area contributed by atoms with Crippen molar-refractivity contribution in [2.24, 2.45) is 23.2 Å². The highest BCUT2D eigenvalue weighted by atomic mass is 16.1. The second-order valence-electron chi connectivity index (χ2n) is 7.12. The third-order valence-electron chi connectivity index (χ3n) is 5.70. The third kappa shape index (κ3) is 1.92. The summed E-state index contributed by atoms with van der Waals surface area (Å²) >= 11 is 0. The summed E-state index contributed by atoms with van der Waals surface area (Å²) in [6.07, 6.45) is 10.1. The topological polar surface area (TPSA) is 30.0 Å². The Morgan fingerprint density at radius 3 is 2.26 bits per heavy atom. The normalized spacial score (nSPS) is 39.5. The molecule has 0 amide bonds. The average Bonchev–Trinajstić information content (AvgIpc) is 2.38. The van der Waals surface area contributed by atoms with Crippen LogP contribution in [0.1, 0.15) is 44.2 Å². The maximum absolute atomic E-state index is 12.8. The number of Topliss-reactive ketones (excluding diaryl/α,β-unsaturated/α-hetero) is 1. The van der Waals surface area contributed by atoms with Gasteiger partial charge in [0, 0.05) is 23.7 Å². The van der Waals surface area contributed by atoms with Gasteiger partial charge in [-0.25, -0.2) is 0 Å². The minimum Gasteiger partial charge on any atom is -0.299 e. The number of carbonyl (C=O) groups excluding carboxylic acids is 1. The van der Waals surface area contributed by atoms with Crippen molar-refractivity contribution in [3.63, 3.8) is 0 Å². The second kappa shape index (κ2) is 4.16. The van der Waals surface area contributed by atoms with Gasteiger partial charge in [0.05, 0.1) is 0 Å². The lowest BCUT2D eigenvalue weighted by atomic mass is 9.48. The number of hydrogen-bond acceptors (Lipinski definition) is 2. The predicted octanol–water partition coefficient (Wildman–Crippen LogP) is 3.41. The SMILES string of the molecule is O=C(Cc1ccccn1)C12CC3CC(CC(C3)C1)C2. The molecule has 0 unspecified atom stereocenters. The average molecular weight is 255 g/mol. The first kappa shape index (κ1) is 11.6. The predicted molar refractivity (Wildman–Crippen MR) is 73.6 cm³/mol. The molecular weight excluding hydrogens is 234 g/mol. The van der Waals surface area contributed by atoms with Crippen molar-refractivity contribution in [3.05, 3.63) is 30.1 Å². The molecule has 0 radical (unpaired) electrons. The van der Waals surface area contributed by atoms with E-state index in [-0.39, 0.29) is 5.41 Å². The lowest BCUT2D eigenvalue weighted by molar-refractivity contribution is -0.143. The molecule has 100 valence electrons. The Labute approximate surface area is 114 Å². The van der Waals surface area contributed by atoms with Crippen LogP contribution in [0.25, 0.3) is 0 Å². The van der Waals surface area contributed by atoms with Crippen LogP contribution in [0, 0.1) is 23.2 Å². The van der Waals surface area contributed by atoms with Crippen molar-refractivity contribution in [2.75, 3.05) is 0 Å². The van der Waals surface area contributed by atoms with Gasteiger partial charge in [-0.15, -0.1) is 0 Å². The van der Waals surface area contributed by atoms with Crippen LogP contribution in [0.5, 0.6) is 0 Å². The van der Waals surface area contributed by atoms with Crippen LogP contribution < -0.4 is 0 Å². The molecule has 4 saturated carbocycles. The lowest BCUT2D eigenvalue weighted by Crippen LogP contribution is -2.50. The van der Waals surface area contributed by atoms with Crippen molar-refractivity contribution in [3.8, 4) is 0 Å². The Kier molecular flexibility index (Phi) is 2.54. The van der Waals surface area contributed by atoms with Gasteiger partial charge in [0.25, 0.3) is 0 Å². The van der Waals surface area contributed by atoms with E-state index in [9.17, 15) is 4.79 Å². The highest BCUT2D eigenvalue weighted by Crippen LogP contribution is 2.60. The fraction of sp³-hybridized carbons (Fsp3) is 0.647. The van der Waals surface area contributed by atoms with Crippen LogP contribution in [-0.4, -0.2) is 10.8 Å². The zero-order valence-electron chi connectivity index (χ0n) is 11.3. The molecule has 1 aromatic rings. The fourth-order valence-electron chi connectivity index (χ4n) is 5.31. The Morgan fingerprint density at radius 1 is 1.11 bits per heavy atom. The van der Waals surface area contributed by atoms with E-state index in [4.69, 9.17) is 0 Å². The highest BCUT2D eigenvalue weighted by Gasteiger charge is 2.54. The zero-order chi connectivity index (χ0) is 12.9. The first-order valence-electron chi connectivity index (χ1n) is 7.67. The maximum Gasteiger partial charge on any atom is 0.144 e. The van der Waals surface area contributed by atoms with Crippen LogP contribution in [0.3, 0.4) is 0 Å². The van der Waals surface area contributed by atoms with E-state index >= 15 is 0 Å². The molecule has 1 aromatic heterocycles. The quantitative estimate of drug-likeness (QED) is 0.828. The molecule has 0 spiro atoms. The zero-order valence-corrected chi connectivity index (χ0v) is 11.3. The van der Waals surface area contributed by atoms with Gasteiger partial charge in [-0.2, -0.15) is 0 Å². The largest absolute Gasteiger partial charge is 0.299 e. The van der Waals surface area contributed by atoms with E-state index in [2.05, 4.69) is 4.98 Å². The molecule has 0 aromatic carbocycles. The minimum atomic E-state index is 0.0340. The van der Waals surface area contributed by atoms with Gasteiger partial charge < -0.3 is 0 Å². The number of pyridine rings is 1. The Bertz CT molecular complexity index is 458. The van der Waals surface area contributed by atoms with Crippen LogP contribution >= 0.6 is 0 Å². The lowest BCUT2D eigenvalue weighted by Gasteiger charge is -2.56. The van der Waals surface area contributed by atoms with Crippen molar-refractivity contribution in [2.45, 2.75) is 44.9 Å². The van der Waals surface area contributed by atoms with Gasteiger partial charge in [-0.1, -0.05) is 6.07 Å². The molecule has 0 aliphatic heterocycles. The van der Waals surface area contributed by atoms with Crippen LogP contribution in [0.2, 0.25) is 0 Å². The number of nitrogens with zero attached hydrogens (tertiary/aromatic N) is 1. The van der Waals surface area contributed by atoms with Gasteiger partial charge in [0.2, 0.25) is 0 Å². The molecule has 0 saturated heterocycles. The number of ketones is 1. The molecule has 4 aliphatic rings. The first-order chi connectivity index (χ1) is 9.23. The van der Waals surface area contributed by atoms with E-state index in [0.29, 0.717) is 12.2 Å². The Balaban J connectivity index is 1.56. The standard InChI is InChI=1S/C17H21NO/c19-16(8-15-3-1-2-4-18-15)17-9-12-5-13(10-17)7-14(6-12)11-17/h1-4,12-14H,5-11H2. The highest BCUT2D eigenvalue weighted by molar-refractivity contribution is 5.87. The van der Waals surface area contributed by atoms with E-state index < -0.39 is 0 Å². The molecule has 4 aliphatic carbocycles. The molecule has 0 atom stereocenters. The summed E-state index contributed by atoms with van der Waals surface area (Å²) in [5.41, 5.74) is 0.981. The van der Waals surface area contributed by atoms with Gasteiger partial charge >= 0.3 is 0 Å². The summed E-state index contributed by atoms with van der Waals surface area (Å²) in [7, 11) is 0. The molecular formula is C17H21NO. The monoisotopic (exact) mass is 255 g/mol. The second-order valence-corrected chi connectivity index (χ2v) is 7.12. The molecule has 2 nitrogen and oxygen atoms in total. The fourth-order valence-corrected chi connectivity index (χ4v) is 5.31. The van der Waals surface area contributed by atoms with Crippen molar-refractivity contribution in [1.82, 2.24) is 4.98 Å². The van der Waals surface area contributed by atoms with Gasteiger partial charge in [0.15, 0.2) is 0 Å². The number of carbonyl (C=O) groups is 1. The van der Waals surface area contributed by atoms with Crippen LogP contribution in [0.4, 0.5) is 0 Å². The summed E-state index contributed by atoms with van der Waals surface area (Å²) in [6.45, 7) is 0. The van der Waals surface area contributed by atoms with Crippen molar-refractivity contribution >= 4 is 5.78 Å². The number of aromatic nitrogens is 1. The summed E-state index contributed by atoms with van der Waals surface area (Å²) in [6, 6.07) is 5.88. The summed E-state index contributed by atoms with van der Waals surface area (Å²) in [5, 5.41) is 0. The van der Waals surface area contributed by atoms with Gasteiger partial charge in [-0.05, 0) is 68.4 Å². The van der Waals surface area contributed by atoms with Crippen LogP contribution in [0.15, 0.2) is 24.4 Å². The maximum atomic E-state index is 12.8. The van der Waals surface area contributed by atoms with Crippen molar-refractivity contribution in [1.29, 1.82) is 0 Å². The van der Waals surface area contributed by atoms with Gasteiger partial charge in [-0.3, -0.25) is 9.78 Å². The Morgan fingerprint density at radius 2 is 1.74 bits per heavy atom. The van der Waals surface area contributed by atoms with Crippen LogP contribution in [-0.2, 0) is 11.2 Å². The summed E-state index contributed by atoms with van der Waals surface area (Å²) in [5.74, 6) is 3.02. The Hall–Kier alpha value is -1.18. The van der Waals surface area contributed by atoms with E-state index in [1.807, 2.05) is 18.2 Å². The molecule has 2 heteroatoms. The molecule has 1 heterocycles. The summed E-state index contributed by atoms with van der Waals surface area (Å²) < 4.78 is 0. The molecule has 4 fully saturated rings. The van der Waals surface area contributed by atoms with E-state index in [0.717, 1.165) is 23.4 Å². The molecule has 0 N–H and O–H groups in total. The minimum absolute atomic E-state index is 0.0340. The summed E-state index contributed by atoms with van der Waals surface area (Å²) in [4.78, 5) is 17.2.